The van der Waals surface area contributed by atoms with Crippen molar-refractivity contribution in [2.75, 3.05) is 33.2 Å². The van der Waals surface area contributed by atoms with Gasteiger partial charge in [-0.05, 0) is 36.8 Å². The van der Waals surface area contributed by atoms with Crippen molar-refractivity contribution in [3.05, 3.63) is 63.9 Å². The highest BCUT2D eigenvalue weighted by Crippen LogP contribution is 2.38. The number of carbonyl (C=O) groups is 2. The van der Waals surface area contributed by atoms with Crippen molar-refractivity contribution < 1.29 is 28.2 Å². The highest BCUT2D eigenvalue weighted by Gasteiger charge is 2.18. The number of amides is 2. The zero-order valence-electron chi connectivity index (χ0n) is 18.7. The summed E-state index contributed by atoms with van der Waals surface area (Å²) in [6, 6.07) is 9.24. The number of anilines is 1. The van der Waals surface area contributed by atoms with E-state index in [2.05, 4.69) is 15.6 Å². The Hall–Kier alpha value is -3.66. The zero-order valence-corrected chi connectivity index (χ0v) is 19.5. The molecule has 0 aliphatic heterocycles. The average Bonchev–Trinajstić information content (AvgIpc) is 3.15. The first-order chi connectivity index (χ1) is 15.8. The summed E-state index contributed by atoms with van der Waals surface area (Å²) < 4.78 is 28.8. The van der Waals surface area contributed by atoms with E-state index in [0.717, 1.165) is 16.1 Å². The van der Waals surface area contributed by atoms with Crippen LogP contribution in [0.25, 0.3) is 0 Å². The minimum Gasteiger partial charge on any atom is -0.493 e. The minimum atomic E-state index is -0.475. The van der Waals surface area contributed by atoms with Gasteiger partial charge in [-0.25, -0.2) is 9.37 Å². The van der Waals surface area contributed by atoms with E-state index < -0.39 is 11.8 Å². The number of aromatic nitrogens is 1. The number of hydrogen-bond acceptors (Lipinski definition) is 7. The molecule has 2 N–H and O–H groups in total. The number of halogens is 1. The molecule has 33 heavy (non-hydrogen) atoms. The molecule has 0 bridgehead atoms. The lowest BCUT2D eigenvalue weighted by Crippen LogP contribution is -2.32. The van der Waals surface area contributed by atoms with Gasteiger partial charge in [0.25, 0.3) is 5.91 Å². The quantitative estimate of drug-likeness (QED) is 0.493. The number of hydrogen-bond donors (Lipinski definition) is 2. The number of methoxy groups -OCH3 is 3. The third-order valence-corrected chi connectivity index (χ3v) is 5.83. The lowest BCUT2D eigenvalue weighted by molar-refractivity contribution is -0.115. The topological polar surface area (TPSA) is 98.8 Å². The van der Waals surface area contributed by atoms with Crippen molar-refractivity contribution in [2.45, 2.75) is 13.3 Å². The van der Waals surface area contributed by atoms with Crippen LogP contribution in [-0.4, -0.2) is 44.7 Å². The first-order valence-corrected chi connectivity index (χ1v) is 10.7. The van der Waals surface area contributed by atoms with Gasteiger partial charge >= 0.3 is 0 Å². The Morgan fingerprint density at radius 2 is 1.67 bits per heavy atom. The molecule has 0 unspecified atom stereocenters. The van der Waals surface area contributed by atoms with Gasteiger partial charge in [0.05, 0.1) is 33.6 Å². The van der Waals surface area contributed by atoms with Gasteiger partial charge in [0.2, 0.25) is 11.7 Å². The summed E-state index contributed by atoms with van der Waals surface area (Å²) in [4.78, 5) is 30.2. The zero-order chi connectivity index (χ0) is 24.0. The van der Waals surface area contributed by atoms with E-state index in [1.807, 2.05) is 6.92 Å². The third kappa shape index (κ3) is 5.98. The number of carbonyl (C=O) groups excluding carboxylic acids is 2. The largest absolute Gasteiger partial charge is 0.493 e. The van der Waals surface area contributed by atoms with Gasteiger partial charge in [-0.3, -0.25) is 9.59 Å². The number of nitrogens with one attached hydrogen (secondary N) is 2. The number of rotatable bonds is 9. The van der Waals surface area contributed by atoms with E-state index in [-0.39, 0.29) is 17.9 Å². The number of benzene rings is 2. The Bertz CT molecular complexity index is 1120. The van der Waals surface area contributed by atoms with Crippen LogP contribution in [0.5, 0.6) is 17.2 Å². The van der Waals surface area contributed by atoms with Crippen LogP contribution in [0.3, 0.4) is 0 Å². The van der Waals surface area contributed by atoms with Gasteiger partial charge in [-0.2, -0.15) is 0 Å². The van der Waals surface area contributed by atoms with Crippen LogP contribution in [0.1, 0.15) is 26.5 Å². The fraction of sp³-hybridized carbons (Fsp3) is 0.261. The van der Waals surface area contributed by atoms with E-state index >= 15 is 0 Å². The van der Waals surface area contributed by atoms with Crippen LogP contribution < -0.4 is 24.8 Å². The molecule has 0 saturated heterocycles. The minimum absolute atomic E-state index is 0.249. The van der Waals surface area contributed by atoms with Gasteiger partial charge in [-0.1, -0.05) is 12.1 Å². The van der Waals surface area contributed by atoms with Gasteiger partial charge in [0.15, 0.2) is 16.6 Å². The maximum absolute atomic E-state index is 13.1. The maximum Gasteiger partial charge on any atom is 0.251 e. The fourth-order valence-electron chi connectivity index (χ4n) is 3.07. The summed E-state index contributed by atoms with van der Waals surface area (Å²) in [6.45, 7) is 1.60. The molecule has 10 heteroatoms. The van der Waals surface area contributed by atoms with Crippen LogP contribution >= 0.6 is 11.3 Å². The van der Waals surface area contributed by atoms with E-state index in [9.17, 15) is 14.0 Å². The van der Waals surface area contributed by atoms with E-state index in [1.165, 1.54) is 56.9 Å². The molecule has 174 valence electrons. The molecule has 0 atom stereocenters. The van der Waals surface area contributed by atoms with Crippen LogP contribution in [0.4, 0.5) is 9.52 Å². The Morgan fingerprint density at radius 3 is 2.24 bits per heavy atom. The van der Waals surface area contributed by atoms with Gasteiger partial charge in [0.1, 0.15) is 5.82 Å². The molecule has 2 amide bonds. The molecular weight excluding hydrogens is 449 g/mol. The smallest absolute Gasteiger partial charge is 0.251 e. The van der Waals surface area contributed by atoms with Gasteiger partial charge in [-0.15, -0.1) is 11.3 Å². The van der Waals surface area contributed by atoms with E-state index in [0.29, 0.717) is 28.8 Å². The highest BCUT2D eigenvalue weighted by molar-refractivity contribution is 7.15. The molecule has 0 aliphatic rings. The summed E-state index contributed by atoms with van der Waals surface area (Å²) in [6.07, 6.45) is 0.581. The summed E-state index contributed by atoms with van der Waals surface area (Å²) in [7, 11) is 4.37. The fourth-order valence-corrected chi connectivity index (χ4v) is 4.08. The molecule has 0 aliphatic carbocycles. The summed E-state index contributed by atoms with van der Waals surface area (Å²) in [5.74, 6) is -0.155. The van der Waals surface area contributed by atoms with Crippen molar-refractivity contribution in [3.63, 3.8) is 0 Å². The number of nitrogens with zero attached hydrogens (tertiary/aromatic N) is 1. The predicted molar refractivity (Wildman–Crippen MR) is 123 cm³/mol. The molecule has 0 fully saturated rings. The van der Waals surface area contributed by atoms with Crippen molar-refractivity contribution >= 4 is 28.3 Å². The summed E-state index contributed by atoms with van der Waals surface area (Å²) in [5, 5.41) is 5.68. The first-order valence-electron chi connectivity index (χ1n) is 9.93. The molecule has 2 aromatic carbocycles. The van der Waals surface area contributed by atoms with Gasteiger partial charge in [0, 0.05) is 16.9 Å². The van der Waals surface area contributed by atoms with Crippen LogP contribution in [0.15, 0.2) is 36.4 Å². The number of aryl methyl sites for hydroxylation is 1. The monoisotopic (exact) mass is 473 g/mol. The van der Waals surface area contributed by atoms with Crippen LogP contribution in [-0.2, 0) is 11.2 Å². The SMILES string of the molecule is COc1cc(C(=O)NCC(=O)Nc2nc(C)c(Cc3ccc(F)cc3)s2)cc(OC)c1OC. The molecule has 3 rings (SSSR count). The standard InChI is InChI=1S/C23H24FN3O5S/c1-13-19(9-14-5-7-16(24)8-6-14)33-23(26-13)27-20(28)12-25-22(29)15-10-17(30-2)21(32-4)18(11-15)31-3/h5-8,10-11H,9,12H2,1-4H3,(H,25,29)(H,26,27,28). The second kappa shape index (κ2) is 10.8. The predicted octanol–water partition coefficient (Wildman–Crippen LogP) is 3.58. The Kier molecular flexibility index (Phi) is 7.83. The normalized spacial score (nSPS) is 10.5. The molecule has 0 radical (unpaired) electrons. The lowest BCUT2D eigenvalue weighted by atomic mass is 10.1. The molecule has 0 saturated carbocycles. The number of thiazole rings is 1. The Balaban J connectivity index is 1.60. The highest BCUT2D eigenvalue weighted by atomic mass is 32.1. The Labute approximate surface area is 194 Å². The van der Waals surface area contributed by atoms with Crippen molar-refractivity contribution in [2.24, 2.45) is 0 Å². The molecule has 1 heterocycles. The van der Waals surface area contributed by atoms with Crippen molar-refractivity contribution in [1.82, 2.24) is 10.3 Å². The third-order valence-electron chi connectivity index (χ3n) is 4.75. The molecule has 8 nitrogen and oxygen atoms in total. The van der Waals surface area contributed by atoms with E-state index in [1.54, 1.807) is 12.1 Å². The average molecular weight is 474 g/mol. The second-order valence-electron chi connectivity index (χ2n) is 6.98. The molecule has 3 aromatic rings. The molecule has 1 aromatic heterocycles. The number of ether oxygens (including phenoxy) is 3. The van der Waals surface area contributed by atoms with Gasteiger partial charge < -0.3 is 24.8 Å². The van der Waals surface area contributed by atoms with Crippen LogP contribution in [0.2, 0.25) is 0 Å². The molecular formula is C23H24FN3O5S. The summed E-state index contributed by atoms with van der Waals surface area (Å²) in [5.41, 5.74) is 1.98. The van der Waals surface area contributed by atoms with E-state index in [4.69, 9.17) is 14.2 Å². The van der Waals surface area contributed by atoms with Crippen molar-refractivity contribution in [1.29, 1.82) is 0 Å². The van der Waals surface area contributed by atoms with Crippen molar-refractivity contribution in [3.8, 4) is 17.2 Å². The Morgan fingerprint density at radius 1 is 1.03 bits per heavy atom. The lowest BCUT2D eigenvalue weighted by Gasteiger charge is -2.14. The second-order valence-corrected chi connectivity index (χ2v) is 8.06. The van der Waals surface area contributed by atoms with Crippen LogP contribution in [0, 0.1) is 12.7 Å². The molecule has 0 spiro atoms. The first kappa shape index (κ1) is 24.0. The maximum atomic E-state index is 13.1. The summed E-state index contributed by atoms with van der Waals surface area (Å²) >= 11 is 1.33.